The van der Waals surface area contributed by atoms with Gasteiger partial charge in [-0.25, -0.2) is 18.0 Å². The van der Waals surface area contributed by atoms with Gasteiger partial charge in [0.2, 0.25) is 5.91 Å². The van der Waals surface area contributed by atoms with Crippen molar-refractivity contribution in [1.29, 1.82) is 0 Å². The predicted molar refractivity (Wildman–Crippen MR) is 182 cm³/mol. The van der Waals surface area contributed by atoms with Crippen molar-refractivity contribution in [3.8, 4) is 0 Å². The molecular formula is C36H45F3N2O12S. The van der Waals surface area contributed by atoms with E-state index in [0.717, 1.165) is 30.2 Å². The van der Waals surface area contributed by atoms with Gasteiger partial charge in [-0.2, -0.15) is 13.2 Å². The molecule has 5 rings (SSSR count). The SMILES string of the molecule is CC(C)(COC(=O)OC(C(=O)OC1CC2CCC(C1)[N+]21CCCC1)(c1ccccc1)c1ccccc1)[C@H](O)C(=O)NCCC(=O)O.O=S(=O)([O-])C(F)(F)F. The number of benzene rings is 2. The summed E-state index contributed by atoms with van der Waals surface area (Å²) in [6.07, 6.45) is 2.86. The number of halogens is 3. The van der Waals surface area contributed by atoms with Crippen LogP contribution in [0, 0.1) is 5.41 Å². The maximum atomic E-state index is 14.5. The Kier molecular flexibility index (Phi) is 13.4. The first-order chi connectivity index (χ1) is 25.2. The number of carboxylic acid groups (broad SMARTS) is 1. The van der Waals surface area contributed by atoms with Crippen LogP contribution in [0.5, 0.6) is 0 Å². The Balaban J connectivity index is 0.000000730. The van der Waals surface area contributed by atoms with Crippen molar-refractivity contribution in [2.45, 2.75) is 94.2 Å². The lowest BCUT2D eigenvalue weighted by molar-refractivity contribution is -0.956. The summed E-state index contributed by atoms with van der Waals surface area (Å²) in [5.74, 6) is -2.60. The van der Waals surface area contributed by atoms with Gasteiger partial charge >= 0.3 is 23.6 Å². The number of nitrogens with zero attached hydrogens (tertiary/aromatic N) is 1. The van der Waals surface area contributed by atoms with E-state index in [1.165, 1.54) is 39.8 Å². The smallest absolute Gasteiger partial charge is 0.510 e. The molecule has 3 atom stereocenters. The standard InChI is InChI=1S/C35H44N2O9.CHF3O3S/c1-34(2,30(40)31(41)36-18-17-29(38)39)23-44-33(43)46-35(24-11-5-3-6-12-24,25-13-7-4-8-14-25)32(42)45-28-21-26-15-16-27(22-28)37(26)19-9-10-20-37;2-1(3,4)8(5,6)7/h3-8,11-14,26-28,30,40H,9-10,15-23H2,1-2H3,(H-,36,38,39,41);(H,5,6,7)/t26?,27?,28?,30-;/m1./s1. The summed E-state index contributed by atoms with van der Waals surface area (Å²) in [5, 5.41) is 21.8. The zero-order valence-electron chi connectivity index (χ0n) is 29.8. The number of hydrogen-bond donors (Lipinski definition) is 3. The summed E-state index contributed by atoms with van der Waals surface area (Å²) in [4.78, 5) is 51.1. The summed E-state index contributed by atoms with van der Waals surface area (Å²) in [7, 11) is -6.09. The molecule has 2 bridgehead atoms. The molecule has 1 spiro atoms. The van der Waals surface area contributed by atoms with Gasteiger partial charge in [-0.1, -0.05) is 74.5 Å². The number of aliphatic hydroxyl groups is 1. The molecule has 3 aliphatic rings. The van der Waals surface area contributed by atoms with E-state index in [1.807, 2.05) is 0 Å². The van der Waals surface area contributed by atoms with Gasteiger partial charge in [0.25, 0.3) is 5.60 Å². The highest BCUT2D eigenvalue weighted by Crippen LogP contribution is 2.47. The second-order valence-electron chi connectivity index (χ2n) is 14.4. The molecule has 3 fully saturated rings. The summed E-state index contributed by atoms with van der Waals surface area (Å²) >= 11 is 0. The zero-order chi connectivity index (χ0) is 40.0. The number of hydrogen-bond acceptors (Lipinski definition) is 11. The minimum absolute atomic E-state index is 0.161. The van der Waals surface area contributed by atoms with Crippen molar-refractivity contribution in [2.75, 3.05) is 26.2 Å². The van der Waals surface area contributed by atoms with E-state index < -0.39 is 63.4 Å². The molecule has 0 aromatic heterocycles. The highest BCUT2D eigenvalue weighted by Gasteiger charge is 2.57. The molecule has 14 nitrogen and oxygen atoms in total. The van der Waals surface area contributed by atoms with Crippen LogP contribution >= 0.6 is 0 Å². The van der Waals surface area contributed by atoms with Crippen molar-refractivity contribution in [3.05, 3.63) is 71.8 Å². The maximum absolute atomic E-state index is 14.5. The Morgan fingerprint density at radius 1 is 0.926 bits per heavy atom. The number of carbonyl (C=O) groups excluding carboxylic acids is 3. The maximum Gasteiger partial charge on any atom is 0.510 e. The lowest BCUT2D eigenvalue weighted by Gasteiger charge is -2.47. The number of alkyl halides is 3. The Hall–Kier alpha value is -4.26. The number of carboxylic acids is 1. The number of amides is 1. The first-order valence-electron chi connectivity index (χ1n) is 17.5. The van der Waals surface area contributed by atoms with E-state index in [-0.39, 0.29) is 19.1 Å². The topological polar surface area (TPSA) is 206 Å². The van der Waals surface area contributed by atoms with Crippen molar-refractivity contribution >= 4 is 34.1 Å². The molecule has 2 unspecified atom stereocenters. The van der Waals surface area contributed by atoms with Crippen molar-refractivity contribution in [3.63, 3.8) is 0 Å². The molecule has 18 heteroatoms. The third-order valence-electron chi connectivity index (χ3n) is 10.4. The highest BCUT2D eigenvalue weighted by atomic mass is 32.2. The molecule has 3 saturated heterocycles. The van der Waals surface area contributed by atoms with Crippen LogP contribution in [0.4, 0.5) is 18.0 Å². The van der Waals surface area contributed by atoms with Gasteiger partial charge in [0.15, 0.2) is 10.1 Å². The average Bonchev–Trinajstić information content (AvgIpc) is 3.65. The zero-order valence-corrected chi connectivity index (χ0v) is 30.6. The Labute approximate surface area is 310 Å². The van der Waals surface area contributed by atoms with Crippen molar-refractivity contribution < 1.29 is 74.2 Å². The van der Waals surface area contributed by atoms with Crippen LogP contribution in [0.3, 0.4) is 0 Å². The fraction of sp³-hybridized carbons (Fsp3) is 0.556. The molecule has 0 radical (unpaired) electrons. The summed E-state index contributed by atoms with van der Waals surface area (Å²) in [6.45, 7) is 4.83. The molecule has 3 aliphatic heterocycles. The number of piperidine rings is 1. The number of carbonyl (C=O) groups is 4. The molecule has 1 amide bonds. The summed E-state index contributed by atoms with van der Waals surface area (Å²) < 4.78 is 77.8. The number of esters is 1. The monoisotopic (exact) mass is 786 g/mol. The molecule has 298 valence electrons. The second-order valence-corrected chi connectivity index (χ2v) is 15.8. The number of aliphatic hydroxyl groups excluding tert-OH is 1. The van der Waals surface area contributed by atoms with Gasteiger partial charge in [0.05, 0.1) is 31.6 Å². The normalized spacial score (nSPS) is 21.3. The average molecular weight is 787 g/mol. The summed E-state index contributed by atoms with van der Waals surface area (Å²) in [5.41, 5.74) is -8.12. The molecule has 0 saturated carbocycles. The van der Waals surface area contributed by atoms with Crippen LogP contribution in [0.15, 0.2) is 60.7 Å². The van der Waals surface area contributed by atoms with Gasteiger partial charge in [-0.3, -0.25) is 9.59 Å². The quantitative estimate of drug-likeness (QED) is 0.121. The predicted octanol–water partition coefficient (Wildman–Crippen LogP) is 3.96. The molecule has 3 heterocycles. The lowest BCUT2D eigenvalue weighted by atomic mass is 9.85. The van der Waals surface area contributed by atoms with Crippen LogP contribution in [-0.2, 0) is 44.3 Å². The number of rotatable bonds is 12. The van der Waals surface area contributed by atoms with Crippen LogP contribution in [0.25, 0.3) is 0 Å². The third-order valence-corrected chi connectivity index (χ3v) is 11.0. The Morgan fingerprint density at radius 3 is 1.85 bits per heavy atom. The molecule has 0 aliphatic carbocycles. The fourth-order valence-corrected chi connectivity index (χ4v) is 7.67. The minimum atomic E-state index is -6.09. The van der Waals surface area contributed by atoms with Gasteiger partial charge in [-0.05, 0) is 0 Å². The van der Waals surface area contributed by atoms with Crippen molar-refractivity contribution in [2.24, 2.45) is 5.41 Å². The van der Waals surface area contributed by atoms with E-state index in [0.29, 0.717) is 23.2 Å². The Bertz CT molecular complexity index is 1680. The molecule has 2 aromatic carbocycles. The molecular weight excluding hydrogens is 741 g/mol. The number of ether oxygens (including phenoxy) is 3. The number of quaternary nitrogens is 1. The first-order valence-corrected chi connectivity index (χ1v) is 18.9. The largest absolute Gasteiger partial charge is 0.741 e. The van der Waals surface area contributed by atoms with E-state index in [9.17, 15) is 37.5 Å². The molecule has 3 N–H and O–H groups in total. The lowest BCUT2D eigenvalue weighted by Crippen LogP contribution is -2.60. The van der Waals surface area contributed by atoms with E-state index in [2.05, 4.69) is 5.32 Å². The minimum Gasteiger partial charge on any atom is -0.741 e. The fourth-order valence-electron chi connectivity index (χ4n) is 7.67. The highest BCUT2D eigenvalue weighted by molar-refractivity contribution is 7.86. The van der Waals surface area contributed by atoms with Gasteiger partial charge in [0.1, 0.15) is 18.8 Å². The second kappa shape index (κ2) is 17.0. The van der Waals surface area contributed by atoms with Crippen LogP contribution in [-0.4, -0.2) is 108 Å². The number of aliphatic carboxylic acids is 1. The van der Waals surface area contributed by atoms with Crippen LogP contribution in [0.1, 0.15) is 69.9 Å². The summed E-state index contributed by atoms with van der Waals surface area (Å²) in [6, 6.07) is 18.3. The van der Waals surface area contributed by atoms with Gasteiger partial charge < -0.3 is 38.8 Å². The Morgan fingerprint density at radius 2 is 1.41 bits per heavy atom. The van der Waals surface area contributed by atoms with E-state index in [1.54, 1.807) is 60.7 Å². The van der Waals surface area contributed by atoms with Crippen molar-refractivity contribution in [1.82, 2.24) is 5.32 Å². The van der Waals surface area contributed by atoms with Gasteiger partial charge in [0, 0.05) is 61.6 Å². The van der Waals surface area contributed by atoms with Crippen LogP contribution < -0.4 is 5.32 Å². The number of nitrogens with one attached hydrogen (secondary N) is 1. The van der Waals surface area contributed by atoms with E-state index in [4.69, 9.17) is 32.3 Å². The first kappa shape index (κ1) is 42.5. The third kappa shape index (κ3) is 9.69. The molecule has 54 heavy (non-hydrogen) atoms. The van der Waals surface area contributed by atoms with Crippen LogP contribution in [0.2, 0.25) is 0 Å². The van der Waals surface area contributed by atoms with E-state index >= 15 is 0 Å². The van der Waals surface area contributed by atoms with Gasteiger partial charge in [-0.15, -0.1) is 0 Å². The molecule has 2 aromatic rings.